The van der Waals surface area contributed by atoms with Gasteiger partial charge >= 0.3 is 5.97 Å². The molecule has 0 amide bonds. The fourth-order valence-electron chi connectivity index (χ4n) is 3.02. The van der Waals surface area contributed by atoms with Gasteiger partial charge in [0, 0.05) is 0 Å². The quantitative estimate of drug-likeness (QED) is 0.782. The zero-order chi connectivity index (χ0) is 10.9. The van der Waals surface area contributed by atoms with Crippen LogP contribution in [0.3, 0.4) is 0 Å². The van der Waals surface area contributed by atoms with E-state index in [0.717, 1.165) is 6.42 Å². The molecule has 1 N–H and O–H groups in total. The second-order valence-electron chi connectivity index (χ2n) is 5.07. The van der Waals surface area contributed by atoms with Crippen molar-refractivity contribution in [2.75, 3.05) is 0 Å². The van der Waals surface area contributed by atoms with Crippen LogP contribution in [0.2, 0.25) is 0 Å². The summed E-state index contributed by atoms with van der Waals surface area (Å²) in [5.74, 6) is -0.840. The molecule has 3 nitrogen and oxygen atoms in total. The zero-order valence-corrected chi connectivity index (χ0v) is 9.37. The average molecular weight is 212 g/mol. The highest BCUT2D eigenvalue weighted by Crippen LogP contribution is 2.53. The van der Waals surface area contributed by atoms with Crippen molar-refractivity contribution in [2.24, 2.45) is 5.41 Å². The van der Waals surface area contributed by atoms with Crippen LogP contribution in [0.5, 0.6) is 0 Å². The van der Waals surface area contributed by atoms with Crippen molar-refractivity contribution >= 4 is 5.97 Å². The van der Waals surface area contributed by atoms with E-state index in [4.69, 9.17) is 9.84 Å². The summed E-state index contributed by atoms with van der Waals surface area (Å²) in [4.78, 5) is 10.7. The van der Waals surface area contributed by atoms with Gasteiger partial charge in [-0.05, 0) is 38.0 Å². The molecule has 86 valence electrons. The minimum atomic E-state index is -0.840. The molecular formula is C12H20O3. The summed E-state index contributed by atoms with van der Waals surface area (Å²) >= 11 is 0. The maximum absolute atomic E-state index is 10.7. The molecular weight excluding hydrogens is 192 g/mol. The van der Waals surface area contributed by atoms with Crippen LogP contribution in [-0.2, 0) is 9.53 Å². The second-order valence-corrected chi connectivity index (χ2v) is 5.07. The van der Waals surface area contributed by atoms with Crippen molar-refractivity contribution in [1.82, 2.24) is 0 Å². The van der Waals surface area contributed by atoms with Crippen LogP contribution in [0.4, 0.5) is 0 Å². The van der Waals surface area contributed by atoms with Gasteiger partial charge in [-0.1, -0.05) is 19.3 Å². The Morgan fingerprint density at radius 1 is 1.33 bits per heavy atom. The lowest BCUT2D eigenvalue weighted by atomic mass is 9.58. The first kappa shape index (κ1) is 10.9. The predicted octanol–water partition coefficient (Wildman–Crippen LogP) is 2.59. The number of rotatable bonds is 3. The lowest BCUT2D eigenvalue weighted by Gasteiger charge is -2.52. The van der Waals surface area contributed by atoms with Gasteiger partial charge in [-0.15, -0.1) is 0 Å². The number of aliphatic carboxylic acids is 1. The summed E-state index contributed by atoms with van der Waals surface area (Å²) in [6.45, 7) is 1.64. The first-order valence-electron chi connectivity index (χ1n) is 6.02. The molecule has 0 heterocycles. The fourth-order valence-corrected chi connectivity index (χ4v) is 3.02. The second kappa shape index (κ2) is 4.12. The first-order valence-corrected chi connectivity index (χ1v) is 6.02. The molecule has 15 heavy (non-hydrogen) atoms. The molecule has 0 bridgehead atoms. The smallest absolute Gasteiger partial charge is 0.332 e. The Morgan fingerprint density at radius 2 is 2.00 bits per heavy atom. The highest BCUT2D eigenvalue weighted by Gasteiger charge is 2.48. The van der Waals surface area contributed by atoms with E-state index in [0.29, 0.717) is 5.41 Å². The molecule has 2 fully saturated rings. The molecule has 0 radical (unpaired) electrons. The molecule has 2 aliphatic carbocycles. The highest BCUT2D eigenvalue weighted by molar-refractivity contribution is 5.71. The van der Waals surface area contributed by atoms with Crippen LogP contribution in [-0.4, -0.2) is 23.3 Å². The Hall–Kier alpha value is -0.570. The van der Waals surface area contributed by atoms with Gasteiger partial charge in [-0.2, -0.15) is 0 Å². The van der Waals surface area contributed by atoms with Crippen LogP contribution < -0.4 is 0 Å². The van der Waals surface area contributed by atoms with Crippen LogP contribution in [0.1, 0.15) is 51.9 Å². The third kappa shape index (κ3) is 2.03. The first-order chi connectivity index (χ1) is 7.14. The van der Waals surface area contributed by atoms with Crippen LogP contribution in [0.15, 0.2) is 0 Å². The minimum Gasteiger partial charge on any atom is -0.479 e. The topological polar surface area (TPSA) is 46.5 Å². The van der Waals surface area contributed by atoms with E-state index in [9.17, 15) is 4.79 Å². The number of ether oxygens (including phenoxy) is 1. The predicted molar refractivity (Wildman–Crippen MR) is 56.7 cm³/mol. The van der Waals surface area contributed by atoms with Crippen molar-refractivity contribution < 1.29 is 14.6 Å². The Labute approximate surface area is 90.8 Å². The third-order valence-corrected chi connectivity index (χ3v) is 4.15. The average Bonchev–Trinajstić information content (AvgIpc) is 2.25. The van der Waals surface area contributed by atoms with Crippen molar-refractivity contribution in [2.45, 2.75) is 64.1 Å². The molecule has 2 rings (SSSR count). The minimum absolute atomic E-state index is 0.212. The van der Waals surface area contributed by atoms with Gasteiger partial charge in [-0.25, -0.2) is 4.79 Å². The standard InChI is InChI=1S/C12H20O3/c1-9(11(13)14)15-10-5-8-12(10)6-3-2-4-7-12/h9-10H,2-8H2,1H3,(H,13,14)/t9-,10?/m0/s1. The fraction of sp³-hybridized carbons (Fsp3) is 0.917. The molecule has 2 atom stereocenters. The van der Waals surface area contributed by atoms with Crippen LogP contribution >= 0.6 is 0 Å². The van der Waals surface area contributed by atoms with Gasteiger partial charge in [-0.3, -0.25) is 0 Å². The van der Waals surface area contributed by atoms with Gasteiger partial charge in [0.2, 0.25) is 0 Å². The van der Waals surface area contributed by atoms with E-state index in [2.05, 4.69) is 0 Å². The van der Waals surface area contributed by atoms with Gasteiger partial charge in [0.05, 0.1) is 6.10 Å². The van der Waals surface area contributed by atoms with Crippen molar-refractivity contribution in [3.8, 4) is 0 Å². The Morgan fingerprint density at radius 3 is 2.47 bits per heavy atom. The largest absolute Gasteiger partial charge is 0.479 e. The van der Waals surface area contributed by atoms with Gasteiger partial charge in [0.15, 0.2) is 6.10 Å². The van der Waals surface area contributed by atoms with Crippen LogP contribution in [0.25, 0.3) is 0 Å². The Bertz CT molecular complexity index is 243. The summed E-state index contributed by atoms with van der Waals surface area (Å²) < 4.78 is 5.64. The molecule has 3 heteroatoms. The molecule has 2 saturated carbocycles. The number of hydrogen-bond acceptors (Lipinski definition) is 2. The summed E-state index contributed by atoms with van der Waals surface area (Å²) in [7, 11) is 0. The molecule has 0 aliphatic heterocycles. The van der Waals surface area contributed by atoms with Gasteiger partial charge in [0.25, 0.3) is 0 Å². The lowest BCUT2D eigenvalue weighted by Crippen LogP contribution is -2.49. The third-order valence-electron chi connectivity index (χ3n) is 4.15. The van der Waals surface area contributed by atoms with Crippen LogP contribution in [0, 0.1) is 5.41 Å². The summed E-state index contributed by atoms with van der Waals surface area (Å²) in [6, 6.07) is 0. The maximum Gasteiger partial charge on any atom is 0.332 e. The van der Waals surface area contributed by atoms with Crippen molar-refractivity contribution in [1.29, 1.82) is 0 Å². The zero-order valence-electron chi connectivity index (χ0n) is 9.37. The molecule has 0 aromatic rings. The molecule has 0 saturated heterocycles. The summed E-state index contributed by atoms with van der Waals surface area (Å²) in [5.41, 5.74) is 0.349. The van der Waals surface area contributed by atoms with Crippen molar-refractivity contribution in [3.05, 3.63) is 0 Å². The lowest BCUT2D eigenvalue weighted by molar-refractivity contribution is -0.178. The molecule has 1 spiro atoms. The monoisotopic (exact) mass is 212 g/mol. The van der Waals surface area contributed by atoms with E-state index in [-0.39, 0.29) is 6.10 Å². The highest BCUT2D eigenvalue weighted by atomic mass is 16.5. The summed E-state index contributed by atoms with van der Waals surface area (Å²) in [6.07, 6.45) is 8.26. The number of hydrogen-bond donors (Lipinski definition) is 1. The van der Waals surface area contributed by atoms with Crippen molar-refractivity contribution in [3.63, 3.8) is 0 Å². The number of carboxylic acids is 1. The van der Waals surface area contributed by atoms with E-state index >= 15 is 0 Å². The Kier molecular flexibility index (Phi) is 3.01. The van der Waals surface area contributed by atoms with E-state index in [1.807, 2.05) is 0 Å². The van der Waals surface area contributed by atoms with E-state index < -0.39 is 12.1 Å². The van der Waals surface area contributed by atoms with E-state index in [1.165, 1.54) is 38.5 Å². The SMILES string of the molecule is C[C@H](OC1CCC12CCCCC2)C(=O)O. The van der Waals surface area contributed by atoms with E-state index in [1.54, 1.807) is 6.92 Å². The van der Waals surface area contributed by atoms with Gasteiger partial charge in [0.1, 0.15) is 0 Å². The summed E-state index contributed by atoms with van der Waals surface area (Å²) in [5, 5.41) is 8.81. The maximum atomic E-state index is 10.7. The van der Waals surface area contributed by atoms with Gasteiger partial charge < -0.3 is 9.84 Å². The normalized spacial score (nSPS) is 30.9. The number of carboxylic acid groups (broad SMARTS) is 1. The Balaban J connectivity index is 1.90. The molecule has 0 aromatic heterocycles. The number of carbonyl (C=O) groups is 1. The molecule has 1 unspecified atom stereocenters. The molecule has 2 aliphatic rings. The molecule has 0 aromatic carbocycles.